The third-order valence-corrected chi connectivity index (χ3v) is 2.66. The molecule has 3 N–H and O–H groups in total. The van der Waals surface area contributed by atoms with E-state index in [0.29, 0.717) is 6.54 Å². The van der Waals surface area contributed by atoms with Gasteiger partial charge >= 0.3 is 6.09 Å². The van der Waals surface area contributed by atoms with Crippen LogP contribution in [0, 0.1) is 0 Å². The molecular formula is C11H14N2O2. The number of nitrogens with one attached hydrogen (secondary N) is 2. The molecule has 15 heavy (non-hydrogen) atoms. The highest BCUT2D eigenvalue weighted by molar-refractivity contribution is 5.64. The Bertz CT molecular complexity index is 340. The summed E-state index contributed by atoms with van der Waals surface area (Å²) in [6.07, 6.45) is -0.133. The van der Waals surface area contributed by atoms with Crippen LogP contribution in [0.5, 0.6) is 0 Å². The molecule has 1 aliphatic heterocycles. The zero-order chi connectivity index (χ0) is 10.7. The fraction of sp³-hybridized carbons (Fsp3) is 0.364. The van der Waals surface area contributed by atoms with Crippen LogP contribution in [0.15, 0.2) is 30.3 Å². The number of carboxylic acid groups (broad SMARTS) is 1. The first-order valence-electron chi connectivity index (χ1n) is 5.03. The van der Waals surface area contributed by atoms with Gasteiger partial charge < -0.3 is 15.7 Å². The van der Waals surface area contributed by atoms with Crippen molar-refractivity contribution < 1.29 is 9.90 Å². The van der Waals surface area contributed by atoms with Crippen LogP contribution in [0.2, 0.25) is 0 Å². The van der Waals surface area contributed by atoms with E-state index in [0.717, 1.165) is 6.42 Å². The molecule has 4 heteroatoms. The lowest BCUT2D eigenvalue weighted by Crippen LogP contribution is -2.34. The molecule has 0 spiro atoms. The van der Waals surface area contributed by atoms with E-state index in [-0.39, 0.29) is 12.1 Å². The number of hydrogen-bond acceptors (Lipinski definition) is 2. The minimum atomic E-state index is -0.949. The Morgan fingerprint density at radius 2 is 2.13 bits per heavy atom. The monoisotopic (exact) mass is 206 g/mol. The molecule has 0 aromatic heterocycles. The fourth-order valence-electron chi connectivity index (χ4n) is 1.96. The minimum absolute atomic E-state index is 0.0210. The van der Waals surface area contributed by atoms with Crippen LogP contribution >= 0.6 is 0 Å². The Labute approximate surface area is 88.3 Å². The predicted octanol–water partition coefficient (Wildman–Crippen LogP) is 1.36. The molecular weight excluding hydrogens is 192 g/mol. The summed E-state index contributed by atoms with van der Waals surface area (Å²) in [6.45, 7) is 0.700. The number of carbonyl (C=O) groups is 1. The van der Waals surface area contributed by atoms with Crippen molar-refractivity contribution >= 4 is 6.09 Å². The zero-order valence-electron chi connectivity index (χ0n) is 8.31. The molecule has 4 nitrogen and oxygen atoms in total. The van der Waals surface area contributed by atoms with Gasteiger partial charge in [-0.05, 0) is 12.0 Å². The van der Waals surface area contributed by atoms with E-state index in [2.05, 4.69) is 22.8 Å². The van der Waals surface area contributed by atoms with Gasteiger partial charge in [-0.1, -0.05) is 30.3 Å². The Morgan fingerprint density at radius 1 is 1.40 bits per heavy atom. The van der Waals surface area contributed by atoms with Gasteiger partial charge in [0.15, 0.2) is 0 Å². The maximum atomic E-state index is 10.5. The largest absolute Gasteiger partial charge is 0.465 e. The highest BCUT2D eigenvalue weighted by Crippen LogP contribution is 2.22. The Hall–Kier alpha value is -1.55. The first-order chi connectivity index (χ1) is 7.25. The van der Waals surface area contributed by atoms with Crippen LogP contribution in [0.4, 0.5) is 4.79 Å². The lowest BCUT2D eigenvalue weighted by molar-refractivity contribution is 0.190. The predicted molar refractivity (Wildman–Crippen MR) is 56.8 cm³/mol. The summed E-state index contributed by atoms with van der Waals surface area (Å²) in [5.74, 6) is 0. The maximum absolute atomic E-state index is 10.5. The zero-order valence-corrected chi connectivity index (χ0v) is 8.31. The van der Waals surface area contributed by atoms with Crippen LogP contribution in [0.3, 0.4) is 0 Å². The summed E-state index contributed by atoms with van der Waals surface area (Å²) in [5.41, 5.74) is 1.21. The van der Waals surface area contributed by atoms with Crippen molar-refractivity contribution in [1.82, 2.24) is 10.6 Å². The second kappa shape index (κ2) is 4.31. The van der Waals surface area contributed by atoms with Crippen molar-refractivity contribution in [3.63, 3.8) is 0 Å². The van der Waals surface area contributed by atoms with Gasteiger partial charge in [0.2, 0.25) is 0 Å². The Kier molecular flexibility index (Phi) is 2.87. The molecule has 0 unspecified atom stereocenters. The van der Waals surface area contributed by atoms with Gasteiger partial charge in [-0.2, -0.15) is 0 Å². The van der Waals surface area contributed by atoms with Gasteiger partial charge in [0, 0.05) is 18.6 Å². The molecule has 1 saturated heterocycles. The average molecular weight is 206 g/mol. The van der Waals surface area contributed by atoms with Crippen molar-refractivity contribution in [2.24, 2.45) is 0 Å². The fourth-order valence-corrected chi connectivity index (χ4v) is 1.96. The third kappa shape index (κ3) is 2.47. The summed E-state index contributed by atoms with van der Waals surface area (Å²) in [5, 5.41) is 14.4. The molecule has 1 amide bonds. The van der Waals surface area contributed by atoms with Gasteiger partial charge in [0.25, 0.3) is 0 Å². The van der Waals surface area contributed by atoms with Crippen LogP contribution in [-0.2, 0) is 0 Å². The lowest BCUT2D eigenvalue weighted by atomic mass is 10.0. The first kappa shape index (κ1) is 9.98. The second-order valence-electron chi connectivity index (χ2n) is 3.75. The molecule has 0 bridgehead atoms. The van der Waals surface area contributed by atoms with Gasteiger partial charge in [-0.15, -0.1) is 0 Å². The van der Waals surface area contributed by atoms with E-state index in [1.54, 1.807) is 0 Å². The molecule has 1 aliphatic rings. The smallest absolute Gasteiger partial charge is 0.404 e. The third-order valence-electron chi connectivity index (χ3n) is 2.66. The maximum Gasteiger partial charge on any atom is 0.404 e. The normalized spacial score (nSPS) is 25.1. The van der Waals surface area contributed by atoms with Crippen molar-refractivity contribution in [3.8, 4) is 0 Å². The summed E-state index contributed by atoms with van der Waals surface area (Å²) < 4.78 is 0. The van der Waals surface area contributed by atoms with Crippen LogP contribution in [0.25, 0.3) is 0 Å². The molecule has 1 aromatic rings. The van der Waals surface area contributed by atoms with Crippen molar-refractivity contribution in [2.75, 3.05) is 6.54 Å². The molecule has 0 radical (unpaired) electrons. The number of amides is 1. The Balaban J connectivity index is 1.96. The lowest BCUT2D eigenvalue weighted by Gasteiger charge is -2.10. The molecule has 1 heterocycles. The number of hydrogen-bond donors (Lipinski definition) is 3. The highest BCUT2D eigenvalue weighted by Gasteiger charge is 2.25. The minimum Gasteiger partial charge on any atom is -0.465 e. The van der Waals surface area contributed by atoms with E-state index in [1.165, 1.54) is 5.56 Å². The molecule has 2 rings (SSSR count). The number of benzene rings is 1. The van der Waals surface area contributed by atoms with Gasteiger partial charge in [-0.25, -0.2) is 4.79 Å². The van der Waals surface area contributed by atoms with E-state index in [4.69, 9.17) is 5.11 Å². The van der Waals surface area contributed by atoms with Gasteiger partial charge in [-0.3, -0.25) is 0 Å². The second-order valence-corrected chi connectivity index (χ2v) is 3.75. The summed E-state index contributed by atoms with van der Waals surface area (Å²) in [4.78, 5) is 10.5. The van der Waals surface area contributed by atoms with E-state index in [9.17, 15) is 4.79 Å². The van der Waals surface area contributed by atoms with E-state index < -0.39 is 6.09 Å². The van der Waals surface area contributed by atoms with Crippen LogP contribution in [-0.4, -0.2) is 23.8 Å². The number of rotatable bonds is 2. The topological polar surface area (TPSA) is 61.4 Å². The van der Waals surface area contributed by atoms with Crippen molar-refractivity contribution in [1.29, 1.82) is 0 Å². The molecule has 0 saturated carbocycles. The van der Waals surface area contributed by atoms with Gasteiger partial charge in [0.05, 0.1) is 0 Å². The quantitative estimate of drug-likeness (QED) is 0.684. The average Bonchev–Trinajstić information content (AvgIpc) is 2.67. The molecule has 2 atom stereocenters. The molecule has 1 aromatic carbocycles. The molecule has 1 fully saturated rings. The first-order valence-corrected chi connectivity index (χ1v) is 5.03. The summed E-state index contributed by atoms with van der Waals surface area (Å²) in [6, 6.07) is 10.4. The molecule has 0 aliphatic carbocycles. The van der Waals surface area contributed by atoms with Crippen LogP contribution in [0.1, 0.15) is 18.0 Å². The summed E-state index contributed by atoms with van der Waals surface area (Å²) >= 11 is 0. The van der Waals surface area contributed by atoms with E-state index >= 15 is 0 Å². The molecule has 80 valence electrons. The van der Waals surface area contributed by atoms with Crippen molar-refractivity contribution in [3.05, 3.63) is 35.9 Å². The van der Waals surface area contributed by atoms with Gasteiger partial charge in [0.1, 0.15) is 0 Å². The SMILES string of the molecule is O=C(O)N[C@@H]1CN[C@H](c2ccccc2)C1. The highest BCUT2D eigenvalue weighted by atomic mass is 16.4. The van der Waals surface area contributed by atoms with Crippen LogP contribution < -0.4 is 10.6 Å². The summed E-state index contributed by atoms with van der Waals surface area (Å²) in [7, 11) is 0. The Morgan fingerprint density at radius 3 is 2.80 bits per heavy atom. The van der Waals surface area contributed by atoms with E-state index in [1.807, 2.05) is 18.2 Å². The van der Waals surface area contributed by atoms with Crippen molar-refractivity contribution in [2.45, 2.75) is 18.5 Å². The standard InChI is InChI=1S/C11H14N2O2/c14-11(15)13-9-6-10(12-7-9)8-4-2-1-3-5-8/h1-5,9-10,12-13H,6-7H2,(H,14,15)/t9-,10-/m0/s1.